The normalized spacial score (nSPS) is 12.9. The average Bonchev–Trinajstić information content (AvgIpc) is 2.97. The van der Waals surface area contributed by atoms with Crippen LogP contribution in [0.4, 0.5) is 33.3 Å². The number of aliphatic carboxylic acids is 1. The highest BCUT2D eigenvalue weighted by molar-refractivity contribution is 5.99. The predicted molar refractivity (Wildman–Crippen MR) is 164 cm³/mol. The number of carbonyl (C=O) groups excluding carboxylic acids is 1. The quantitative estimate of drug-likeness (QED) is 0.197. The van der Waals surface area contributed by atoms with Crippen LogP contribution in [-0.4, -0.2) is 58.9 Å². The van der Waals surface area contributed by atoms with E-state index in [4.69, 9.17) is 0 Å². The lowest BCUT2D eigenvalue weighted by atomic mass is 9.93. The van der Waals surface area contributed by atoms with E-state index in [9.17, 15) is 41.4 Å². The number of anilines is 2. The number of hydrogen-bond acceptors (Lipinski definition) is 6. The third kappa shape index (κ3) is 6.80. The Morgan fingerprint density at radius 3 is 2.33 bits per heavy atom. The van der Waals surface area contributed by atoms with Crippen molar-refractivity contribution < 1.29 is 36.6 Å². The number of hydrogen-bond donors (Lipinski definition) is 3. The molecule has 4 rings (SSSR count). The molecule has 3 N–H and O–H groups in total. The molecular formula is C32H32F5N5O4. The maximum Gasteiger partial charge on any atom is 0.408 e. The van der Waals surface area contributed by atoms with Crippen LogP contribution in [0, 0.1) is 18.6 Å². The monoisotopic (exact) mass is 645 g/mol. The van der Waals surface area contributed by atoms with Gasteiger partial charge in [0.1, 0.15) is 29.3 Å². The van der Waals surface area contributed by atoms with Crippen LogP contribution in [0.5, 0.6) is 0 Å². The van der Waals surface area contributed by atoms with Gasteiger partial charge in [0.2, 0.25) is 0 Å². The fourth-order valence-corrected chi connectivity index (χ4v) is 5.32. The molecule has 0 bridgehead atoms. The van der Waals surface area contributed by atoms with E-state index in [1.165, 1.54) is 17.7 Å². The van der Waals surface area contributed by atoms with E-state index >= 15 is 0 Å². The van der Waals surface area contributed by atoms with Crippen LogP contribution in [0.15, 0.2) is 53.6 Å². The Hall–Kier alpha value is -5.01. The van der Waals surface area contributed by atoms with Crippen molar-refractivity contribution in [2.75, 3.05) is 24.3 Å². The zero-order valence-corrected chi connectivity index (χ0v) is 25.6. The lowest BCUT2D eigenvalue weighted by molar-refractivity contribution is -0.143. The summed E-state index contributed by atoms with van der Waals surface area (Å²) >= 11 is 0. The minimum Gasteiger partial charge on any atom is -0.480 e. The van der Waals surface area contributed by atoms with Crippen molar-refractivity contribution in [1.82, 2.24) is 14.9 Å². The highest BCUT2D eigenvalue weighted by Crippen LogP contribution is 2.33. The van der Waals surface area contributed by atoms with Crippen molar-refractivity contribution in [2.24, 2.45) is 7.05 Å². The van der Waals surface area contributed by atoms with Crippen LogP contribution in [-0.2, 0) is 18.3 Å². The van der Waals surface area contributed by atoms with Crippen molar-refractivity contribution in [3.8, 4) is 11.1 Å². The molecule has 46 heavy (non-hydrogen) atoms. The van der Waals surface area contributed by atoms with Crippen LogP contribution in [0.1, 0.15) is 34.8 Å². The molecule has 4 aromatic rings. The molecule has 0 fully saturated rings. The molecule has 0 spiro atoms. The topological polar surface area (TPSA) is 117 Å². The summed E-state index contributed by atoms with van der Waals surface area (Å²) in [5.41, 5.74) is 1.27. The number of pyridine rings is 2. The molecule has 0 saturated carbocycles. The first-order valence-electron chi connectivity index (χ1n) is 14.2. The molecule has 14 heteroatoms. The highest BCUT2D eigenvalue weighted by Gasteiger charge is 2.38. The van der Waals surface area contributed by atoms with E-state index in [1.807, 2.05) is 31.2 Å². The summed E-state index contributed by atoms with van der Waals surface area (Å²) in [7, 11) is 5.31. The molecule has 2 atom stereocenters. The fourth-order valence-electron chi connectivity index (χ4n) is 5.32. The smallest absolute Gasteiger partial charge is 0.408 e. The molecule has 0 aliphatic heterocycles. The second kappa shape index (κ2) is 13.2. The Labute approximate surface area is 260 Å². The predicted octanol–water partition coefficient (Wildman–Crippen LogP) is 5.43. The van der Waals surface area contributed by atoms with Gasteiger partial charge in [-0.3, -0.25) is 14.6 Å². The van der Waals surface area contributed by atoms with E-state index in [0.29, 0.717) is 45.3 Å². The standard InChI is InChI=1S/C32H32F5N5O4/c1-6-25(32(35,36)37)39-18-13-21(33)27(22(34)14-18)29(43)40-23(31(45)46)12-17-9-10-20(28-19(17)8-7-11-38-28)26-16(2)24(41(3)4)15-42(5)30(26)44/h7-11,13-15,23,25,39H,6,12H2,1-5H3,(H,40,43)(H,45,46)/t23-,25+/m0/s1. The number of nitrogens with zero attached hydrogens (tertiary/aromatic N) is 3. The molecule has 0 saturated heterocycles. The van der Waals surface area contributed by atoms with Gasteiger partial charge in [0.15, 0.2) is 0 Å². The molecule has 9 nitrogen and oxygen atoms in total. The second-order valence-corrected chi connectivity index (χ2v) is 11.0. The Kier molecular flexibility index (Phi) is 9.68. The van der Waals surface area contributed by atoms with Crippen molar-refractivity contribution in [1.29, 1.82) is 0 Å². The number of benzene rings is 2. The zero-order valence-electron chi connectivity index (χ0n) is 25.6. The Balaban J connectivity index is 1.68. The molecule has 0 aliphatic rings. The Morgan fingerprint density at radius 2 is 1.76 bits per heavy atom. The summed E-state index contributed by atoms with van der Waals surface area (Å²) in [6, 6.07) is 3.84. The van der Waals surface area contributed by atoms with Gasteiger partial charge >= 0.3 is 12.1 Å². The van der Waals surface area contributed by atoms with Gasteiger partial charge in [0.05, 0.1) is 16.8 Å². The SMILES string of the molecule is CC[C@@H](Nc1cc(F)c(C(=O)N[C@@H](Cc2ccc(-c3c(C)c(N(C)C)cn(C)c3=O)c3ncccc23)C(=O)O)c(F)c1)C(F)(F)F. The van der Waals surface area contributed by atoms with Gasteiger partial charge in [-0.2, -0.15) is 13.2 Å². The Bertz CT molecular complexity index is 1850. The maximum atomic E-state index is 14.9. The van der Waals surface area contributed by atoms with Crippen molar-refractivity contribution >= 4 is 34.2 Å². The molecule has 2 aromatic heterocycles. The minimum atomic E-state index is -4.69. The van der Waals surface area contributed by atoms with Crippen molar-refractivity contribution in [2.45, 2.75) is 44.9 Å². The van der Waals surface area contributed by atoms with E-state index in [0.717, 1.165) is 5.69 Å². The number of alkyl halides is 3. The number of carbonyl (C=O) groups is 2. The first-order valence-corrected chi connectivity index (χ1v) is 14.2. The molecule has 2 aromatic carbocycles. The summed E-state index contributed by atoms with van der Waals surface area (Å²) in [6.07, 6.45) is -2.20. The van der Waals surface area contributed by atoms with Gasteiger partial charge in [0, 0.05) is 56.6 Å². The number of nitrogens with one attached hydrogen (secondary N) is 2. The molecule has 0 unspecified atom stereocenters. The lowest BCUT2D eigenvalue weighted by Crippen LogP contribution is -2.43. The van der Waals surface area contributed by atoms with Gasteiger partial charge < -0.3 is 25.2 Å². The third-order valence-corrected chi connectivity index (χ3v) is 7.66. The van der Waals surface area contributed by atoms with E-state index in [-0.39, 0.29) is 12.0 Å². The van der Waals surface area contributed by atoms with Gasteiger partial charge in [-0.1, -0.05) is 25.1 Å². The summed E-state index contributed by atoms with van der Waals surface area (Å²) in [6.45, 7) is 3.05. The van der Waals surface area contributed by atoms with Crippen LogP contribution >= 0.6 is 0 Å². The van der Waals surface area contributed by atoms with Crippen LogP contribution in [0.3, 0.4) is 0 Å². The largest absolute Gasteiger partial charge is 0.480 e. The van der Waals surface area contributed by atoms with Crippen molar-refractivity contribution in [3.63, 3.8) is 0 Å². The fraction of sp³-hybridized carbons (Fsp3) is 0.312. The van der Waals surface area contributed by atoms with Crippen LogP contribution in [0.25, 0.3) is 22.0 Å². The number of fused-ring (bicyclic) bond motifs is 1. The van der Waals surface area contributed by atoms with E-state index in [2.05, 4.69) is 10.3 Å². The zero-order chi connectivity index (χ0) is 34.1. The molecule has 0 radical (unpaired) electrons. The van der Waals surface area contributed by atoms with Gasteiger partial charge in [-0.05, 0) is 42.7 Å². The summed E-state index contributed by atoms with van der Waals surface area (Å²) < 4.78 is 70.6. The number of aryl methyl sites for hydroxylation is 1. The lowest BCUT2D eigenvalue weighted by Gasteiger charge is -2.22. The van der Waals surface area contributed by atoms with Gasteiger partial charge in [-0.25, -0.2) is 13.6 Å². The minimum absolute atomic E-state index is 0.271. The van der Waals surface area contributed by atoms with Crippen LogP contribution < -0.4 is 21.1 Å². The second-order valence-electron chi connectivity index (χ2n) is 11.0. The van der Waals surface area contributed by atoms with Gasteiger partial charge in [-0.15, -0.1) is 0 Å². The number of rotatable bonds is 10. The molecule has 2 heterocycles. The average molecular weight is 646 g/mol. The highest BCUT2D eigenvalue weighted by atomic mass is 19.4. The summed E-state index contributed by atoms with van der Waals surface area (Å²) in [4.78, 5) is 44.8. The number of carboxylic acid groups (broad SMARTS) is 1. The summed E-state index contributed by atoms with van der Waals surface area (Å²) in [5, 5.41) is 14.5. The molecular weight excluding hydrogens is 613 g/mol. The first kappa shape index (κ1) is 33.9. The van der Waals surface area contributed by atoms with Crippen LogP contribution in [0.2, 0.25) is 0 Å². The molecule has 244 valence electrons. The van der Waals surface area contributed by atoms with Gasteiger partial charge in [0.25, 0.3) is 11.5 Å². The van der Waals surface area contributed by atoms with E-state index in [1.54, 1.807) is 37.5 Å². The summed E-state index contributed by atoms with van der Waals surface area (Å²) in [5.74, 6) is -5.86. The molecule has 1 amide bonds. The van der Waals surface area contributed by atoms with E-state index < -0.39 is 59.4 Å². The Morgan fingerprint density at radius 1 is 1.11 bits per heavy atom. The maximum absolute atomic E-state index is 14.9. The number of amides is 1. The third-order valence-electron chi connectivity index (χ3n) is 7.66. The van der Waals surface area contributed by atoms with Crippen molar-refractivity contribution in [3.05, 3.63) is 87.5 Å². The molecule has 0 aliphatic carbocycles. The first-order chi connectivity index (χ1) is 21.5. The number of aromatic nitrogens is 2. The number of carboxylic acids is 1. The number of halogens is 5.